The highest BCUT2D eigenvalue weighted by molar-refractivity contribution is 9.09. The Hall–Kier alpha value is -2.01. The molecule has 0 spiro atoms. The van der Waals surface area contributed by atoms with Crippen LogP contribution in [0, 0.1) is 0 Å². The molecule has 2 aromatic carbocycles. The zero-order valence-corrected chi connectivity index (χ0v) is 12.3. The van der Waals surface area contributed by atoms with Crippen LogP contribution in [0.3, 0.4) is 0 Å². The lowest BCUT2D eigenvalue weighted by Crippen LogP contribution is -1.93. The first-order chi connectivity index (χ1) is 9.67. The molecule has 0 aliphatic rings. The lowest BCUT2D eigenvalue weighted by molar-refractivity contribution is 0.414. The number of benzene rings is 2. The lowest BCUT2D eigenvalue weighted by Gasteiger charge is -2.11. The number of hydrogen-bond acceptors (Lipinski definition) is 3. The van der Waals surface area contributed by atoms with Crippen LogP contribution in [0.4, 0.5) is 0 Å². The Kier molecular flexibility index (Phi) is 3.36. The third-order valence-electron chi connectivity index (χ3n) is 3.12. The van der Waals surface area contributed by atoms with E-state index in [1.165, 1.54) is 0 Å². The summed E-state index contributed by atoms with van der Waals surface area (Å²) < 4.78 is 10.3. The number of alkyl halides is 1. The van der Waals surface area contributed by atoms with Gasteiger partial charge in [-0.2, -0.15) is 0 Å². The zero-order valence-electron chi connectivity index (χ0n) is 10.7. The SMILES string of the molecule is COc1cccc(C(Br)c2ccc3[nH]c(=O)oc3c2)c1. The molecule has 0 saturated heterocycles. The van der Waals surface area contributed by atoms with Crippen LogP contribution in [0.5, 0.6) is 5.75 Å². The van der Waals surface area contributed by atoms with E-state index in [-0.39, 0.29) is 4.83 Å². The molecule has 0 saturated carbocycles. The first-order valence-electron chi connectivity index (χ1n) is 6.08. The van der Waals surface area contributed by atoms with Crippen molar-refractivity contribution in [1.82, 2.24) is 4.98 Å². The van der Waals surface area contributed by atoms with Gasteiger partial charge in [-0.3, -0.25) is 4.98 Å². The molecule has 0 radical (unpaired) electrons. The van der Waals surface area contributed by atoms with Crippen molar-refractivity contribution in [2.45, 2.75) is 4.83 Å². The molecule has 1 atom stereocenters. The van der Waals surface area contributed by atoms with Gasteiger partial charge in [0.05, 0.1) is 17.5 Å². The van der Waals surface area contributed by atoms with Gasteiger partial charge in [0.2, 0.25) is 0 Å². The second-order valence-corrected chi connectivity index (χ2v) is 5.32. The molecular weight excluding hydrogens is 322 g/mol. The van der Waals surface area contributed by atoms with Gasteiger partial charge in [-0.25, -0.2) is 4.79 Å². The molecule has 102 valence electrons. The summed E-state index contributed by atoms with van der Waals surface area (Å²) in [7, 11) is 1.64. The Labute approximate surface area is 123 Å². The third-order valence-corrected chi connectivity index (χ3v) is 4.18. The molecule has 1 unspecified atom stereocenters. The number of hydrogen-bond donors (Lipinski definition) is 1. The van der Waals surface area contributed by atoms with E-state index in [1.807, 2.05) is 42.5 Å². The summed E-state index contributed by atoms with van der Waals surface area (Å²) in [6.45, 7) is 0. The van der Waals surface area contributed by atoms with Crippen molar-refractivity contribution in [1.29, 1.82) is 0 Å². The van der Waals surface area contributed by atoms with Crippen LogP contribution >= 0.6 is 15.9 Å². The first kappa shape index (κ1) is 13.0. The van der Waals surface area contributed by atoms with Crippen molar-refractivity contribution in [3.05, 3.63) is 64.1 Å². The fraction of sp³-hybridized carbons (Fsp3) is 0.133. The van der Waals surface area contributed by atoms with Crippen LogP contribution in [-0.4, -0.2) is 12.1 Å². The van der Waals surface area contributed by atoms with E-state index in [9.17, 15) is 4.79 Å². The van der Waals surface area contributed by atoms with Crippen molar-refractivity contribution in [3.63, 3.8) is 0 Å². The number of fused-ring (bicyclic) bond motifs is 1. The van der Waals surface area contributed by atoms with E-state index in [4.69, 9.17) is 9.15 Å². The summed E-state index contributed by atoms with van der Waals surface area (Å²) in [6, 6.07) is 13.5. The van der Waals surface area contributed by atoms with Crippen molar-refractivity contribution in [3.8, 4) is 5.75 Å². The van der Waals surface area contributed by atoms with Crippen LogP contribution in [-0.2, 0) is 0 Å². The molecular formula is C15H12BrNO3. The zero-order chi connectivity index (χ0) is 14.1. The standard InChI is InChI=1S/C15H12BrNO3/c1-19-11-4-2-3-9(7-11)14(16)10-5-6-12-13(8-10)20-15(18)17-12/h2-8,14H,1H3,(H,17,18). The molecule has 0 aliphatic carbocycles. The van der Waals surface area contributed by atoms with E-state index in [0.717, 1.165) is 16.9 Å². The summed E-state index contributed by atoms with van der Waals surface area (Å²) in [5.41, 5.74) is 3.33. The molecule has 1 aromatic heterocycles. The highest BCUT2D eigenvalue weighted by Gasteiger charge is 2.13. The topological polar surface area (TPSA) is 55.2 Å². The van der Waals surface area contributed by atoms with Gasteiger partial charge in [-0.15, -0.1) is 0 Å². The highest BCUT2D eigenvalue weighted by Crippen LogP contribution is 2.33. The summed E-state index contributed by atoms with van der Waals surface area (Å²) in [5, 5.41) is 0. The van der Waals surface area contributed by atoms with E-state index in [0.29, 0.717) is 11.1 Å². The van der Waals surface area contributed by atoms with Gasteiger partial charge in [-0.1, -0.05) is 34.1 Å². The van der Waals surface area contributed by atoms with Gasteiger partial charge in [0.1, 0.15) is 5.75 Å². The number of H-pyrrole nitrogens is 1. The minimum Gasteiger partial charge on any atom is -0.497 e. The van der Waals surface area contributed by atoms with Gasteiger partial charge in [-0.05, 0) is 35.4 Å². The summed E-state index contributed by atoms with van der Waals surface area (Å²) >= 11 is 3.66. The minimum atomic E-state index is -0.440. The maximum Gasteiger partial charge on any atom is 0.417 e. The second-order valence-electron chi connectivity index (χ2n) is 4.41. The molecule has 0 aliphatic heterocycles. The molecule has 0 bridgehead atoms. The summed E-state index contributed by atoms with van der Waals surface area (Å²) in [5.74, 6) is 0.367. The Morgan fingerprint density at radius 2 is 2.00 bits per heavy atom. The van der Waals surface area contributed by atoms with E-state index in [2.05, 4.69) is 20.9 Å². The van der Waals surface area contributed by atoms with E-state index >= 15 is 0 Å². The molecule has 0 amide bonds. The van der Waals surface area contributed by atoms with Crippen molar-refractivity contribution >= 4 is 27.0 Å². The number of halogens is 1. The summed E-state index contributed by atoms with van der Waals surface area (Å²) in [6.07, 6.45) is 0. The molecule has 1 N–H and O–H groups in total. The first-order valence-corrected chi connectivity index (χ1v) is 7.00. The highest BCUT2D eigenvalue weighted by atomic mass is 79.9. The average molecular weight is 334 g/mol. The third kappa shape index (κ3) is 2.36. The number of oxazole rings is 1. The number of aromatic amines is 1. The smallest absolute Gasteiger partial charge is 0.417 e. The van der Waals surface area contributed by atoms with Crippen LogP contribution in [0.25, 0.3) is 11.1 Å². The van der Waals surface area contributed by atoms with Crippen molar-refractivity contribution in [2.75, 3.05) is 7.11 Å². The van der Waals surface area contributed by atoms with Gasteiger partial charge >= 0.3 is 5.76 Å². The average Bonchev–Trinajstić information content (AvgIpc) is 2.85. The molecule has 0 fully saturated rings. The predicted molar refractivity (Wildman–Crippen MR) is 80.6 cm³/mol. The molecule has 3 aromatic rings. The molecule has 5 heteroatoms. The Morgan fingerprint density at radius 3 is 2.80 bits per heavy atom. The Balaban J connectivity index is 2.02. The Bertz CT molecular complexity index is 806. The van der Waals surface area contributed by atoms with Gasteiger partial charge in [0.15, 0.2) is 5.58 Å². The lowest BCUT2D eigenvalue weighted by atomic mass is 10.0. The normalized spacial score (nSPS) is 12.5. The fourth-order valence-corrected chi connectivity index (χ4v) is 2.68. The largest absolute Gasteiger partial charge is 0.497 e. The maximum atomic E-state index is 11.2. The van der Waals surface area contributed by atoms with Gasteiger partial charge < -0.3 is 9.15 Å². The molecule has 1 heterocycles. The van der Waals surface area contributed by atoms with Crippen LogP contribution in [0.1, 0.15) is 16.0 Å². The van der Waals surface area contributed by atoms with Gasteiger partial charge in [0.25, 0.3) is 0 Å². The maximum absolute atomic E-state index is 11.2. The summed E-state index contributed by atoms with van der Waals surface area (Å²) in [4.78, 5) is 13.8. The number of nitrogens with one attached hydrogen (secondary N) is 1. The second kappa shape index (κ2) is 5.17. The molecule has 4 nitrogen and oxygen atoms in total. The molecule has 20 heavy (non-hydrogen) atoms. The van der Waals surface area contributed by atoms with E-state index in [1.54, 1.807) is 7.11 Å². The quantitative estimate of drug-likeness (QED) is 0.745. The van der Waals surface area contributed by atoms with Crippen LogP contribution in [0.15, 0.2) is 51.7 Å². The number of ether oxygens (including phenoxy) is 1. The van der Waals surface area contributed by atoms with Gasteiger partial charge in [0, 0.05) is 0 Å². The number of methoxy groups -OCH3 is 1. The number of aromatic nitrogens is 1. The monoisotopic (exact) mass is 333 g/mol. The Morgan fingerprint density at radius 1 is 1.20 bits per heavy atom. The fourth-order valence-electron chi connectivity index (χ4n) is 2.11. The van der Waals surface area contributed by atoms with Crippen molar-refractivity contribution in [2.24, 2.45) is 0 Å². The van der Waals surface area contributed by atoms with Crippen molar-refractivity contribution < 1.29 is 9.15 Å². The predicted octanol–water partition coefficient (Wildman–Crippen LogP) is 3.61. The van der Waals surface area contributed by atoms with Crippen LogP contribution in [0.2, 0.25) is 0 Å². The number of rotatable bonds is 3. The molecule has 3 rings (SSSR count). The van der Waals surface area contributed by atoms with E-state index < -0.39 is 5.76 Å². The minimum absolute atomic E-state index is 0.00204. The van der Waals surface area contributed by atoms with Crippen LogP contribution < -0.4 is 10.5 Å².